The number of unbranched alkanes of at least 4 members (excludes halogenated alkanes) is 2. The molecule has 0 spiro atoms. The van der Waals surface area contributed by atoms with Crippen molar-refractivity contribution in [1.29, 1.82) is 0 Å². The van der Waals surface area contributed by atoms with Crippen LogP contribution in [0, 0.1) is 5.82 Å². The quantitative estimate of drug-likeness (QED) is 0.491. The van der Waals surface area contributed by atoms with Gasteiger partial charge >= 0.3 is 0 Å². The summed E-state index contributed by atoms with van der Waals surface area (Å²) in [5.41, 5.74) is 5.48. The Kier molecular flexibility index (Phi) is 6.19. The predicted octanol–water partition coefficient (Wildman–Crippen LogP) is 6.38. The van der Waals surface area contributed by atoms with E-state index in [9.17, 15) is 4.39 Å². The normalized spacial score (nSPS) is 10.9. The van der Waals surface area contributed by atoms with Crippen molar-refractivity contribution in [2.75, 3.05) is 0 Å². The van der Waals surface area contributed by atoms with Crippen LogP contribution in [-0.2, 0) is 13.0 Å². The molecule has 3 aromatic rings. The summed E-state index contributed by atoms with van der Waals surface area (Å²) in [5, 5.41) is 9.12. The highest BCUT2D eigenvalue weighted by atomic mass is 19.1. The highest BCUT2D eigenvalue weighted by Gasteiger charge is 2.08. The van der Waals surface area contributed by atoms with Gasteiger partial charge in [0.25, 0.3) is 0 Å². The molecule has 1 N–H and O–H groups in total. The van der Waals surface area contributed by atoms with Crippen molar-refractivity contribution in [2.45, 2.75) is 39.2 Å². The highest BCUT2D eigenvalue weighted by molar-refractivity contribution is 5.71. The maximum atomic E-state index is 14.6. The van der Waals surface area contributed by atoms with E-state index < -0.39 is 0 Å². The first-order chi connectivity index (χ1) is 12.7. The summed E-state index contributed by atoms with van der Waals surface area (Å²) in [6.07, 6.45) is 4.81. The number of hydrogen-bond donors (Lipinski definition) is 1. The Hall–Kier alpha value is -2.45. The Morgan fingerprint density at radius 2 is 1.35 bits per heavy atom. The third-order valence-electron chi connectivity index (χ3n) is 4.77. The minimum absolute atomic E-state index is 0.00383. The van der Waals surface area contributed by atoms with Crippen molar-refractivity contribution >= 4 is 0 Å². The van der Waals surface area contributed by atoms with Crippen LogP contribution in [0.5, 0.6) is 0 Å². The number of halogens is 1. The fourth-order valence-corrected chi connectivity index (χ4v) is 3.16. The summed E-state index contributed by atoms with van der Waals surface area (Å²) in [6, 6.07) is 21.1. The van der Waals surface area contributed by atoms with E-state index in [0.717, 1.165) is 28.7 Å². The number of aliphatic hydroxyl groups excluding tert-OH is 1. The van der Waals surface area contributed by atoms with Gasteiger partial charge in [0.15, 0.2) is 0 Å². The molecule has 26 heavy (non-hydrogen) atoms. The molecule has 3 rings (SSSR count). The lowest BCUT2D eigenvalue weighted by Crippen LogP contribution is -1.89. The minimum Gasteiger partial charge on any atom is -0.392 e. The molecule has 1 nitrogen and oxygen atoms in total. The molecule has 0 aliphatic heterocycles. The van der Waals surface area contributed by atoms with E-state index >= 15 is 0 Å². The Morgan fingerprint density at radius 3 is 1.96 bits per heavy atom. The minimum atomic E-state index is -0.230. The van der Waals surface area contributed by atoms with Gasteiger partial charge in [0.2, 0.25) is 0 Å². The smallest absolute Gasteiger partial charge is 0.131 e. The van der Waals surface area contributed by atoms with Gasteiger partial charge in [-0.25, -0.2) is 4.39 Å². The average molecular weight is 348 g/mol. The second-order valence-corrected chi connectivity index (χ2v) is 6.70. The number of aryl methyl sites for hydroxylation is 1. The molecule has 2 heteroatoms. The maximum Gasteiger partial charge on any atom is 0.131 e. The van der Waals surface area contributed by atoms with E-state index in [0.29, 0.717) is 5.56 Å². The lowest BCUT2D eigenvalue weighted by atomic mass is 9.97. The summed E-state index contributed by atoms with van der Waals surface area (Å²) >= 11 is 0. The molecule has 0 amide bonds. The fourth-order valence-electron chi connectivity index (χ4n) is 3.16. The van der Waals surface area contributed by atoms with Crippen LogP contribution in [0.1, 0.15) is 37.3 Å². The molecule has 134 valence electrons. The van der Waals surface area contributed by atoms with E-state index in [2.05, 4.69) is 31.2 Å². The second kappa shape index (κ2) is 8.77. The van der Waals surface area contributed by atoms with Gasteiger partial charge in [-0.3, -0.25) is 0 Å². The Balaban J connectivity index is 1.78. The van der Waals surface area contributed by atoms with Crippen molar-refractivity contribution in [3.05, 3.63) is 83.7 Å². The summed E-state index contributed by atoms with van der Waals surface area (Å²) < 4.78 is 14.6. The maximum absolute atomic E-state index is 14.6. The third-order valence-corrected chi connectivity index (χ3v) is 4.77. The van der Waals surface area contributed by atoms with Gasteiger partial charge in [-0.1, -0.05) is 80.4 Å². The van der Waals surface area contributed by atoms with Gasteiger partial charge in [0.1, 0.15) is 5.82 Å². The highest BCUT2D eigenvalue weighted by Crippen LogP contribution is 2.28. The van der Waals surface area contributed by atoms with Gasteiger partial charge in [0.05, 0.1) is 6.61 Å². The van der Waals surface area contributed by atoms with Crippen LogP contribution in [0.25, 0.3) is 22.3 Å². The Bertz CT molecular complexity index is 835. The van der Waals surface area contributed by atoms with Crippen molar-refractivity contribution in [3.63, 3.8) is 0 Å². The Labute approximate surface area is 155 Å². The van der Waals surface area contributed by atoms with Crippen LogP contribution >= 0.6 is 0 Å². The fraction of sp³-hybridized carbons (Fsp3) is 0.250. The van der Waals surface area contributed by atoms with Crippen LogP contribution < -0.4 is 0 Å². The summed E-state index contributed by atoms with van der Waals surface area (Å²) in [7, 11) is 0. The second-order valence-electron chi connectivity index (χ2n) is 6.70. The van der Waals surface area contributed by atoms with Gasteiger partial charge < -0.3 is 5.11 Å². The van der Waals surface area contributed by atoms with Crippen LogP contribution in [-0.4, -0.2) is 5.11 Å². The molecule has 0 aliphatic rings. The first-order valence-corrected chi connectivity index (χ1v) is 9.30. The molecule has 0 fully saturated rings. The summed E-state index contributed by atoms with van der Waals surface area (Å²) in [6.45, 7) is 2.21. The topological polar surface area (TPSA) is 20.2 Å². The summed E-state index contributed by atoms with van der Waals surface area (Å²) in [5.74, 6) is -0.230. The molecule has 0 saturated heterocycles. The number of benzene rings is 3. The van der Waals surface area contributed by atoms with E-state index in [1.807, 2.05) is 36.4 Å². The molecular weight excluding hydrogens is 323 g/mol. The lowest BCUT2D eigenvalue weighted by Gasteiger charge is -2.09. The average Bonchev–Trinajstić information content (AvgIpc) is 2.69. The van der Waals surface area contributed by atoms with Crippen LogP contribution in [0.2, 0.25) is 0 Å². The number of hydrogen-bond acceptors (Lipinski definition) is 1. The zero-order valence-electron chi connectivity index (χ0n) is 15.2. The van der Waals surface area contributed by atoms with Crippen LogP contribution in [0.15, 0.2) is 66.7 Å². The molecule has 0 aliphatic carbocycles. The standard InChI is InChI=1S/C24H25FO/c1-2-3-4-5-18-6-10-20(11-7-18)22-14-15-23(24(25)16-22)21-12-8-19(17-26)9-13-21/h6-16,26H,2-5,17H2,1H3. The monoisotopic (exact) mass is 348 g/mol. The summed E-state index contributed by atoms with van der Waals surface area (Å²) in [4.78, 5) is 0. The van der Waals surface area contributed by atoms with Crippen molar-refractivity contribution in [1.82, 2.24) is 0 Å². The SMILES string of the molecule is CCCCCc1ccc(-c2ccc(-c3ccc(CO)cc3)c(F)c2)cc1. The van der Waals surface area contributed by atoms with Gasteiger partial charge in [0, 0.05) is 5.56 Å². The molecule has 0 bridgehead atoms. The van der Waals surface area contributed by atoms with Crippen molar-refractivity contribution in [2.24, 2.45) is 0 Å². The molecular formula is C24H25FO. The first-order valence-electron chi connectivity index (χ1n) is 9.30. The largest absolute Gasteiger partial charge is 0.392 e. The van der Waals surface area contributed by atoms with Crippen LogP contribution in [0.3, 0.4) is 0 Å². The van der Waals surface area contributed by atoms with E-state index in [1.165, 1.54) is 24.8 Å². The molecule has 0 unspecified atom stereocenters. The lowest BCUT2D eigenvalue weighted by molar-refractivity contribution is 0.282. The number of rotatable bonds is 7. The van der Waals surface area contributed by atoms with E-state index in [4.69, 9.17) is 5.11 Å². The molecule has 0 radical (unpaired) electrons. The third kappa shape index (κ3) is 4.39. The van der Waals surface area contributed by atoms with Gasteiger partial charge in [-0.15, -0.1) is 0 Å². The van der Waals surface area contributed by atoms with Crippen molar-refractivity contribution in [3.8, 4) is 22.3 Å². The van der Waals surface area contributed by atoms with E-state index in [-0.39, 0.29) is 12.4 Å². The van der Waals surface area contributed by atoms with Crippen molar-refractivity contribution < 1.29 is 9.50 Å². The zero-order chi connectivity index (χ0) is 18.4. The molecule has 0 saturated carbocycles. The van der Waals surface area contributed by atoms with E-state index in [1.54, 1.807) is 6.07 Å². The molecule has 3 aromatic carbocycles. The molecule has 0 atom stereocenters. The van der Waals surface area contributed by atoms with Gasteiger partial charge in [-0.2, -0.15) is 0 Å². The van der Waals surface area contributed by atoms with Crippen LogP contribution in [0.4, 0.5) is 4.39 Å². The van der Waals surface area contributed by atoms with Gasteiger partial charge in [-0.05, 0) is 46.7 Å². The number of aliphatic hydroxyl groups is 1. The molecule has 0 aromatic heterocycles. The predicted molar refractivity (Wildman–Crippen MR) is 106 cm³/mol. The molecule has 0 heterocycles. The zero-order valence-corrected chi connectivity index (χ0v) is 15.2. The first kappa shape index (κ1) is 18.3. The Morgan fingerprint density at radius 1 is 0.731 bits per heavy atom.